The second-order valence-electron chi connectivity index (χ2n) is 3.67. The number of aryl methyl sites for hydroxylation is 1. The maximum atomic E-state index is 11.9. The highest BCUT2D eigenvalue weighted by Crippen LogP contribution is 2.07. The zero-order valence-corrected chi connectivity index (χ0v) is 10.3. The topological polar surface area (TPSA) is 43.1 Å². The lowest BCUT2D eigenvalue weighted by molar-refractivity contribution is 0.0999. The standard InChI is InChI=1S/C9H11NO.C6H5F/c1-2-7-5-3-4-6-8(7)9(10)11;7-6-4-2-1-3-5-6/h3-6H,2H2,1H3,(H2,10,11);1-5H. The quantitative estimate of drug-likeness (QED) is 0.867. The van der Waals surface area contributed by atoms with E-state index in [4.69, 9.17) is 5.73 Å². The van der Waals surface area contributed by atoms with Gasteiger partial charge in [-0.25, -0.2) is 4.39 Å². The van der Waals surface area contributed by atoms with Crippen LogP contribution in [-0.4, -0.2) is 5.91 Å². The van der Waals surface area contributed by atoms with E-state index in [-0.39, 0.29) is 11.7 Å². The highest BCUT2D eigenvalue weighted by molar-refractivity contribution is 5.94. The molecule has 0 radical (unpaired) electrons. The highest BCUT2D eigenvalue weighted by Gasteiger charge is 2.03. The van der Waals surface area contributed by atoms with Crippen LogP contribution in [0.4, 0.5) is 4.39 Å². The fraction of sp³-hybridized carbons (Fsp3) is 0.133. The molecule has 0 fully saturated rings. The van der Waals surface area contributed by atoms with Crippen LogP contribution in [0.2, 0.25) is 0 Å². The minimum Gasteiger partial charge on any atom is -0.366 e. The second kappa shape index (κ2) is 7.22. The first-order chi connectivity index (χ1) is 8.65. The summed E-state index contributed by atoms with van der Waals surface area (Å²) >= 11 is 0. The molecule has 0 spiro atoms. The number of benzene rings is 2. The Balaban J connectivity index is 0.000000199. The summed E-state index contributed by atoms with van der Waals surface area (Å²) in [6.45, 7) is 2.00. The molecule has 3 heteroatoms. The third-order valence-corrected chi connectivity index (χ3v) is 2.40. The largest absolute Gasteiger partial charge is 0.366 e. The fourth-order valence-electron chi connectivity index (χ4n) is 1.48. The van der Waals surface area contributed by atoms with Gasteiger partial charge in [0.05, 0.1) is 0 Å². The second-order valence-corrected chi connectivity index (χ2v) is 3.67. The number of carbonyl (C=O) groups excluding carboxylic acids is 1. The number of hydrogen-bond donors (Lipinski definition) is 1. The Morgan fingerprint density at radius 3 is 2.00 bits per heavy atom. The summed E-state index contributed by atoms with van der Waals surface area (Å²) in [4.78, 5) is 10.8. The molecule has 2 aromatic carbocycles. The van der Waals surface area contributed by atoms with Crippen molar-refractivity contribution in [2.45, 2.75) is 13.3 Å². The van der Waals surface area contributed by atoms with Crippen LogP contribution in [0.3, 0.4) is 0 Å². The van der Waals surface area contributed by atoms with Gasteiger partial charge in [0.25, 0.3) is 0 Å². The highest BCUT2D eigenvalue weighted by atomic mass is 19.1. The molecule has 0 heterocycles. The predicted octanol–water partition coefficient (Wildman–Crippen LogP) is 3.17. The van der Waals surface area contributed by atoms with Gasteiger partial charge in [0.15, 0.2) is 0 Å². The third-order valence-electron chi connectivity index (χ3n) is 2.40. The Labute approximate surface area is 106 Å². The van der Waals surface area contributed by atoms with Crippen molar-refractivity contribution < 1.29 is 9.18 Å². The van der Waals surface area contributed by atoms with Crippen LogP contribution in [0.1, 0.15) is 22.8 Å². The molecule has 2 rings (SSSR count). The molecule has 2 aromatic rings. The summed E-state index contributed by atoms with van der Waals surface area (Å²) in [5.74, 6) is -0.523. The molecule has 0 atom stereocenters. The van der Waals surface area contributed by atoms with E-state index < -0.39 is 0 Å². The summed E-state index contributed by atoms with van der Waals surface area (Å²) in [5.41, 5.74) is 6.80. The maximum Gasteiger partial charge on any atom is 0.248 e. The van der Waals surface area contributed by atoms with Gasteiger partial charge in [0.2, 0.25) is 5.91 Å². The molecule has 2 N–H and O–H groups in total. The summed E-state index contributed by atoms with van der Waals surface area (Å²) in [7, 11) is 0. The number of halogens is 1. The van der Waals surface area contributed by atoms with Gasteiger partial charge < -0.3 is 5.73 Å². The third kappa shape index (κ3) is 4.37. The van der Waals surface area contributed by atoms with E-state index in [0.717, 1.165) is 12.0 Å². The summed E-state index contributed by atoms with van der Waals surface area (Å²) in [6, 6.07) is 15.3. The number of amides is 1. The van der Waals surface area contributed by atoms with Crippen LogP contribution in [0.15, 0.2) is 54.6 Å². The molecule has 0 saturated carbocycles. The van der Waals surface area contributed by atoms with E-state index in [2.05, 4.69) is 0 Å². The summed E-state index contributed by atoms with van der Waals surface area (Å²) in [5, 5.41) is 0. The Morgan fingerprint density at radius 1 is 1.06 bits per heavy atom. The maximum absolute atomic E-state index is 11.9. The smallest absolute Gasteiger partial charge is 0.248 e. The Kier molecular flexibility index (Phi) is 5.58. The minimum atomic E-state index is -0.345. The minimum absolute atomic E-state index is 0.178. The van der Waals surface area contributed by atoms with Crippen molar-refractivity contribution >= 4 is 5.91 Å². The zero-order chi connectivity index (χ0) is 13.4. The van der Waals surface area contributed by atoms with Crippen LogP contribution in [-0.2, 0) is 6.42 Å². The van der Waals surface area contributed by atoms with E-state index in [1.807, 2.05) is 25.1 Å². The molecule has 0 aromatic heterocycles. The molecule has 2 nitrogen and oxygen atoms in total. The van der Waals surface area contributed by atoms with Crippen LogP contribution in [0.5, 0.6) is 0 Å². The van der Waals surface area contributed by atoms with Crippen molar-refractivity contribution in [3.8, 4) is 0 Å². The van der Waals surface area contributed by atoms with Crippen molar-refractivity contribution in [2.24, 2.45) is 5.73 Å². The summed E-state index contributed by atoms with van der Waals surface area (Å²) in [6.07, 6.45) is 0.846. The average Bonchev–Trinajstić information content (AvgIpc) is 2.40. The first-order valence-corrected chi connectivity index (χ1v) is 5.73. The van der Waals surface area contributed by atoms with Gasteiger partial charge >= 0.3 is 0 Å². The lowest BCUT2D eigenvalue weighted by atomic mass is 10.1. The van der Waals surface area contributed by atoms with Crippen LogP contribution < -0.4 is 5.73 Å². The first-order valence-electron chi connectivity index (χ1n) is 5.73. The Bertz CT molecular complexity index is 497. The molecule has 1 amide bonds. The van der Waals surface area contributed by atoms with E-state index >= 15 is 0 Å². The molecule has 0 bridgehead atoms. The summed E-state index contributed by atoms with van der Waals surface area (Å²) < 4.78 is 11.9. The van der Waals surface area contributed by atoms with Gasteiger partial charge in [-0.2, -0.15) is 0 Å². The first kappa shape index (κ1) is 13.9. The lowest BCUT2D eigenvalue weighted by Crippen LogP contribution is -2.13. The van der Waals surface area contributed by atoms with E-state index in [1.54, 1.807) is 24.3 Å². The number of primary amides is 1. The number of hydrogen-bond acceptors (Lipinski definition) is 1. The molecule has 0 aliphatic rings. The van der Waals surface area contributed by atoms with Crippen LogP contribution in [0, 0.1) is 5.82 Å². The van der Waals surface area contributed by atoms with Crippen molar-refractivity contribution in [3.05, 3.63) is 71.5 Å². The van der Waals surface area contributed by atoms with Crippen molar-refractivity contribution in [1.82, 2.24) is 0 Å². The number of carbonyl (C=O) groups is 1. The van der Waals surface area contributed by atoms with Gasteiger partial charge in [0.1, 0.15) is 5.82 Å². The van der Waals surface area contributed by atoms with Crippen molar-refractivity contribution in [1.29, 1.82) is 0 Å². The van der Waals surface area contributed by atoms with Gasteiger partial charge in [-0.05, 0) is 30.2 Å². The zero-order valence-electron chi connectivity index (χ0n) is 10.3. The fourth-order valence-corrected chi connectivity index (χ4v) is 1.48. The molecular weight excluding hydrogens is 229 g/mol. The molecule has 0 aliphatic heterocycles. The normalized spacial score (nSPS) is 9.22. The van der Waals surface area contributed by atoms with Crippen LogP contribution >= 0.6 is 0 Å². The Hall–Kier alpha value is -2.16. The molecule has 0 unspecified atom stereocenters. The Morgan fingerprint density at radius 2 is 1.61 bits per heavy atom. The molecule has 18 heavy (non-hydrogen) atoms. The van der Waals surface area contributed by atoms with E-state index in [0.29, 0.717) is 5.56 Å². The predicted molar refractivity (Wildman–Crippen MR) is 70.7 cm³/mol. The van der Waals surface area contributed by atoms with Crippen molar-refractivity contribution in [3.63, 3.8) is 0 Å². The van der Waals surface area contributed by atoms with Gasteiger partial charge in [0, 0.05) is 5.56 Å². The van der Waals surface area contributed by atoms with Gasteiger partial charge in [-0.1, -0.05) is 43.3 Å². The molecule has 94 valence electrons. The molecular formula is C15H16FNO. The average molecular weight is 245 g/mol. The monoisotopic (exact) mass is 245 g/mol. The van der Waals surface area contributed by atoms with E-state index in [9.17, 15) is 9.18 Å². The van der Waals surface area contributed by atoms with Crippen molar-refractivity contribution in [2.75, 3.05) is 0 Å². The molecule has 0 saturated heterocycles. The van der Waals surface area contributed by atoms with Gasteiger partial charge in [-0.3, -0.25) is 4.79 Å². The van der Waals surface area contributed by atoms with Crippen LogP contribution in [0.25, 0.3) is 0 Å². The number of nitrogens with two attached hydrogens (primary N) is 1. The SMILES string of the molecule is CCc1ccccc1C(N)=O.Fc1ccccc1. The molecule has 0 aliphatic carbocycles. The lowest BCUT2D eigenvalue weighted by Gasteiger charge is -2.01. The van der Waals surface area contributed by atoms with Gasteiger partial charge in [-0.15, -0.1) is 0 Å². The van der Waals surface area contributed by atoms with E-state index in [1.165, 1.54) is 12.1 Å². The number of rotatable bonds is 2.